The highest BCUT2D eigenvalue weighted by Gasteiger charge is 2.29. The molecule has 0 unspecified atom stereocenters. The lowest BCUT2D eigenvalue weighted by atomic mass is 9.89. The van der Waals surface area contributed by atoms with E-state index in [0.29, 0.717) is 5.75 Å². The van der Waals surface area contributed by atoms with Crippen LogP contribution >= 0.6 is 0 Å². The van der Waals surface area contributed by atoms with Crippen molar-refractivity contribution in [3.05, 3.63) is 57.8 Å². The van der Waals surface area contributed by atoms with Crippen molar-refractivity contribution in [3.63, 3.8) is 0 Å². The Morgan fingerprint density at radius 3 is 2.73 bits per heavy atom. The van der Waals surface area contributed by atoms with Gasteiger partial charge in [-0.2, -0.15) is 0 Å². The first-order valence-electron chi connectivity index (χ1n) is 9.38. The van der Waals surface area contributed by atoms with E-state index in [-0.39, 0.29) is 5.43 Å². The second kappa shape index (κ2) is 6.01. The molecule has 0 saturated carbocycles. The number of pyridine rings is 1. The molecule has 134 valence electrons. The maximum absolute atomic E-state index is 13.1. The van der Waals surface area contributed by atoms with Crippen LogP contribution in [0, 0.1) is 0 Å². The molecule has 0 amide bonds. The number of nitrogens with zero attached hydrogens (tertiary/aromatic N) is 1. The van der Waals surface area contributed by atoms with E-state index in [1.165, 1.54) is 10.9 Å². The summed E-state index contributed by atoms with van der Waals surface area (Å²) in [6.45, 7) is 6.20. The SMILES string of the molecule is CCCCc1c2c(=O)cc3c(c-2n(C)c2ccccc12)C=CC(C)(C)O3. The van der Waals surface area contributed by atoms with Gasteiger partial charge in [-0.3, -0.25) is 4.79 Å². The summed E-state index contributed by atoms with van der Waals surface area (Å²) in [5, 5.41) is 1.18. The molecule has 2 heterocycles. The second-order valence-electron chi connectivity index (χ2n) is 7.71. The lowest BCUT2D eigenvalue weighted by Crippen LogP contribution is -2.29. The maximum atomic E-state index is 13.1. The molecule has 0 saturated heterocycles. The average Bonchev–Trinajstić information content (AvgIpc) is 2.60. The molecule has 26 heavy (non-hydrogen) atoms. The number of ether oxygens (including phenoxy) is 1. The highest BCUT2D eigenvalue weighted by Crippen LogP contribution is 2.41. The summed E-state index contributed by atoms with van der Waals surface area (Å²) in [5.74, 6) is 0.683. The number of aryl methyl sites for hydroxylation is 2. The summed E-state index contributed by atoms with van der Waals surface area (Å²) in [5.41, 5.74) is 4.80. The van der Waals surface area contributed by atoms with Crippen molar-refractivity contribution in [2.24, 2.45) is 7.05 Å². The Hall–Kier alpha value is -2.55. The molecule has 1 aliphatic carbocycles. The summed E-state index contributed by atoms with van der Waals surface area (Å²) >= 11 is 0. The summed E-state index contributed by atoms with van der Waals surface area (Å²) in [6.07, 6.45) is 7.27. The summed E-state index contributed by atoms with van der Waals surface area (Å²) in [6, 6.07) is 10.0. The molecule has 0 N–H and O–H groups in total. The smallest absolute Gasteiger partial charge is 0.191 e. The zero-order valence-electron chi connectivity index (χ0n) is 15.9. The molecule has 0 fully saturated rings. The minimum Gasteiger partial charge on any atom is -0.483 e. The van der Waals surface area contributed by atoms with Gasteiger partial charge in [0.15, 0.2) is 5.43 Å². The van der Waals surface area contributed by atoms with Crippen molar-refractivity contribution < 1.29 is 4.74 Å². The normalized spacial score (nSPS) is 15.2. The van der Waals surface area contributed by atoms with Crippen LogP contribution in [0.4, 0.5) is 0 Å². The van der Waals surface area contributed by atoms with E-state index >= 15 is 0 Å². The summed E-state index contributed by atoms with van der Waals surface area (Å²) < 4.78 is 8.24. The third kappa shape index (κ3) is 2.54. The molecule has 1 aromatic carbocycles. The van der Waals surface area contributed by atoms with Gasteiger partial charge in [0.2, 0.25) is 0 Å². The number of rotatable bonds is 3. The predicted octanol–water partition coefficient (Wildman–Crippen LogP) is 5.17. The molecular formula is C23H25NO2. The van der Waals surface area contributed by atoms with Gasteiger partial charge in [-0.1, -0.05) is 31.5 Å². The monoisotopic (exact) mass is 347 g/mol. The first kappa shape index (κ1) is 16.9. The Morgan fingerprint density at radius 1 is 1.19 bits per heavy atom. The van der Waals surface area contributed by atoms with Crippen LogP contribution < -0.4 is 10.2 Å². The first-order valence-corrected chi connectivity index (χ1v) is 9.38. The van der Waals surface area contributed by atoms with Crippen molar-refractivity contribution in [3.8, 4) is 17.0 Å². The van der Waals surface area contributed by atoms with Crippen molar-refractivity contribution >= 4 is 17.0 Å². The van der Waals surface area contributed by atoms with E-state index in [1.807, 2.05) is 20.9 Å². The van der Waals surface area contributed by atoms with E-state index in [9.17, 15) is 4.79 Å². The van der Waals surface area contributed by atoms with Crippen LogP contribution in [0.25, 0.3) is 28.2 Å². The van der Waals surface area contributed by atoms with Crippen LogP contribution in [0.1, 0.15) is 44.7 Å². The van der Waals surface area contributed by atoms with Crippen molar-refractivity contribution in [2.75, 3.05) is 0 Å². The van der Waals surface area contributed by atoms with Crippen molar-refractivity contribution in [1.29, 1.82) is 0 Å². The van der Waals surface area contributed by atoms with E-state index < -0.39 is 5.60 Å². The quantitative estimate of drug-likeness (QED) is 0.612. The highest BCUT2D eigenvalue weighted by atomic mass is 16.5. The van der Waals surface area contributed by atoms with Crippen LogP contribution in [0.5, 0.6) is 5.75 Å². The molecule has 3 heteroatoms. The molecule has 3 nitrogen and oxygen atoms in total. The van der Waals surface area contributed by atoms with Crippen LogP contribution in [0.15, 0.2) is 41.2 Å². The maximum Gasteiger partial charge on any atom is 0.191 e. The standard InChI is InChI=1S/C23H25NO2/c1-5-6-9-16-15-10-7-8-11-18(15)24(4)22-17-12-13-23(2,3)26-20(17)14-19(25)21(16)22/h7-8,10-14H,5-6,9H2,1-4H3. The third-order valence-electron chi connectivity index (χ3n) is 5.30. The van der Waals surface area contributed by atoms with Gasteiger partial charge < -0.3 is 9.30 Å². The summed E-state index contributed by atoms with van der Waals surface area (Å²) in [4.78, 5) is 13.1. The van der Waals surface area contributed by atoms with E-state index in [4.69, 9.17) is 4.74 Å². The van der Waals surface area contributed by atoms with Crippen LogP contribution in [0.3, 0.4) is 0 Å². The Balaban J connectivity index is 2.15. The van der Waals surface area contributed by atoms with Gasteiger partial charge in [-0.15, -0.1) is 0 Å². The van der Waals surface area contributed by atoms with Crippen LogP contribution in [-0.2, 0) is 13.5 Å². The van der Waals surface area contributed by atoms with Crippen molar-refractivity contribution in [1.82, 2.24) is 4.57 Å². The Bertz CT molecular complexity index is 1060. The number of para-hydroxylation sites is 1. The fourth-order valence-electron chi connectivity index (χ4n) is 4.01. The molecule has 0 radical (unpaired) electrons. The average molecular weight is 347 g/mol. The zero-order chi connectivity index (χ0) is 18.5. The molecule has 3 aliphatic rings. The molecule has 1 aromatic rings. The Kier molecular flexibility index (Phi) is 3.91. The van der Waals surface area contributed by atoms with Gasteiger partial charge in [0, 0.05) is 29.6 Å². The second-order valence-corrected chi connectivity index (χ2v) is 7.71. The van der Waals surface area contributed by atoms with Gasteiger partial charge in [0.1, 0.15) is 11.4 Å². The first-order chi connectivity index (χ1) is 12.4. The van der Waals surface area contributed by atoms with E-state index in [1.54, 1.807) is 6.07 Å². The van der Waals surface area contributed by atoms with Crippen LogP contribution in [-0.4, -0.2) is 10.2 Å². The lowest BCUT2D eigenvalue weighted by Gasteiger charge is -2.31. The summed E-state index contributed by atoms with van der Waals surface area (Å²) in [7, 11) is 2.04. The fraction of sp³-hybridized carbons (Fsp3) is 0.348. The fourth-order valence-corrected chi connectivity index (χ4v) is 4.01. The number of hydrogen-bond donors (Lipinski definition) is 0. The van der Waals surface area contributed by atoms with Gasteiger partial charge in [0.25, 0.3) is 0 Å². The molecule has 0 aromatic heterocycles. The molecule has 0 atom stereocenters. The topological polar surface area (TPSA) is 31.2 Å². The number of benzene rings is 2. The Labute approximate surface area is 154 Å². The number of fused-ring (bicyclic) bond motifs is 4. The molecule has 4 rings (SSSR count). The van der Waals surface area contributed by atoms with Gasteiger partial charge in [-0.25, -0.2) is 0 Å². The molecular weight excluding hydrogens is 322 g/mol. The van der Waals surface area contributed by atoms with E-state index in [2.05, 4.69) is 47.9 Å². The zero-order valence-corrected chi connectivity index (χ0v) is 15.9. The number of unbranched alkanes of at least 4 members (excludes halogenated alkanes) is 1. The Morgan fingerprint density at radius 2 is 1.96 bits per heavy atom. The predicted molar refractivity (Wildman–Crippen MR) is 108 cm³/mol. The van der Waals surface area contributed by atoms with Crippen LogP contribution in [0.2, 0.25) is 0 Å². The van der Waals surface area contributed by atoms with Crippen molar-refractivity contribution in [2.45, 2.75) is 45.6 Å². The third-order valence-corrected chi connectivity index (χ3v) is 5.30. The van der Waals surface area contributed by atoms with E-state index in [0.717, 1.165) is 41.6 Å². The minimum atomic E-state index is -0.395. The lowest BCUT2D eigenvalue weighted by molar-refractivity contribution is 0.159. The molecule has 0 spiro atoms. The largest absolute Gasteiger partial charge is 0.483 e. The highest BCUT2D eigenvalue weighted by molar-refractivity contribution is 5.94. The van der Waals surface area contributed by atoms with Gasteiger partial charge in [-0.05, 0) is 50.5 Å². The molecule has 0 bridgehead atoms. The number of aromatic nitrogens is 1. The minimum absolute atomic E-state index is 0.0531. The molecule has 2 aliphatic heterocycles. The van der Waals surface area contributed by atoms with Gasteiger partial charge in [0.05, 0.1) is 11.3 Å². The number of hydrogen-bond acceptors (Lipinski definition) is 2. The van der Waals surface area contributed by atoms with Gasteiger partial charge >= 0.3 is 0 Å².